The molecular formula is C20H26N4O4S. The molecule has 4 atom stereocenters. The minimum atomic E-state index is -1.19. The molecule has 2 aliphatic heterocycles. The second kappa shape index (κ2) is 8.35. The van der Waals surface area contributed by atoms with Crippen molar-refractivity contribution in [1.29, 1.82) is 0 Å². The SMILES string of the molecule is CSCC[C@@H](C(=O)N1C[C@H]2C[C@@H](C1)c1ccc([NH+]([O-])O)c(=O)n1C2)n1cccc1. The zero-order valence-corrected chi connectivity index (χ0v) is 17.2. The lowest BCUT2D eigenvalue weighted by Gasteiger charge is -2.43. The molecule has 1 saturated heterocycles. The second-order valence-electron chi connectivity index (χ2n) is 7.86. The molecule has 1 fully saturated rings. The Kier molecular flexibility index (Phi) is 5.82. The summed E-state index contributed by atoms with van der Waals surface area (Å²) in [5.41, 5.74) is 0.219. The maximum Gasteiger partial charge on any atom is 0.315 e. The summed E-state index contributed by atoms with van der Waals surface area (Å²) >= 11 is 1.73. The predicted octanol–water partition coefficient (Wildman–Crippen LogP) is 0.993. The summed E-state index contributed by atoms with van der Waals surface area (Å²) in [5, 5.41) is 19.3. The Bertz CT molecular complexity index is 927. The number of nitrogens with zero attached hydrogens (tertiary/aromatic N) is 3. The number of thioether (sulfide) groups is 1. The van der Waals surface area contributed by atoms with Gasteiger partial charge in [-0.3, -0.25) is 9.59 Å². The number of carbonyl (C=O) groups excluding carboxylic acids is 1. The third-order valence-electron chi connectivity index (χ3n) is 6.01. The van der Waals surface area contributed by atoms with Crippen LogP contribution in [-0.4, -0.2) is 50.2 Å². The summed E-state index contributed by atoms with van der Waals surface area (Å²) < 4.78 is 3.60. The number of hydrogen-bond acceptors (Lipinski definition) is 5. The van der Waals surface area contributed by atoms with E-state index in [9.17, 15) is 20.0 Å². The van der Waals surface area contributed by atoms with E-state index < -0.39 is 10.8 Å². The zero-order valence-electron chi connectivity index (χ0n) is 16.4. The first kappa shape index (κ1) is 20.2. The lowest BCUT2D eigenvalue weighted by Crippen LogP contribution is -3.00. The zero-order chi connectivity index (χ0) is 20.5. The molecule has 29 heavy (non-hydrogen) atoms. The third-order valence-corrected chi connectivity index (χ3v) is 6.66. The van der Waals surface area contributed by atoms with E-state index >= 15 is 0 Å². The molecule has 8 nitrogen and oxygen atoms in total. The number of amides is 1. The fourth-order valence-corrected chi connectivity index (χ4v) is 5.14. The molecule has 2 bridgehead atoms. The number of hydrogen-bond donors (Lipinski definition) is 2. The van der Waals surface area contributed by atoms with Gasteiger partial charge in [0.15, 0.2) is 0 Å². The van der Waals surface area contributed by atoms with E-state index in [1.165, 1.54) is 6.07 Å². The van der Waals surface area contributed by atoms with Crippen LogP contribution in [0, 0.1) is 11.1 Å². The standard InChI is InChI=1S/C20H26N4O4S/c1-29-9-6-17(21-7-2-3-8-21)19(25)22-11-14-10-15(13-22)16-4-5-18(24(27)28)20(26)23(16)12-14/h2-5,7-8,14-15,17,24,27H,6,9-13H2,1H3/t14-,15+,17+/m1/s1. The average Bonchev–Trinajstić information content (AvgIpc) is 3.23. The van der Waals surface area contributed by atoms with Crippen LogP contribution in [0.3, 0.4) is 0 Å². The van der Waals surface area contributed by atoms with Crippen molar-refractivity contribution >= 4 is 23.4 Å². The van der Waals surface area contributed by atoms with Gasteiger partial charge in [0.25, 0.3) is 0 Å². The van der Waals surface area contributed by atoms with Crippen LogP contribution in [0.2, 0.25) is 0 Å². The first-order chi connectivity index (χ1) is 14.0. The molecule has 1 amide bonds. The van der Waals surface area contributed by atoms with Crippen molar-refractivity contribution in [2.75, 3.05) is 25.1 Å². The number of nitrogens with one attached hydrogen (secondary N) is 1. The highest BCUT2D eigenvalue weighted by Gasteiger charge is 2.38. The van der Waals surface area contributed by atoms with E-state index in [0.29, 0.717) is 19.6 Å². The van der Waals surface area contributed by atoms with Crippen molar-refractivity contribution in [3.8, 4) is 0 Å². The van der Waals surface area contributed by atoms with Crippen LogP contribution in [0.5, 0.6) is 0 Å². The summed E-state index contributed by atoms with van der Waals surface area (Å²) in [4.78, 5) is 27.9. The molecule has 2 aromatic rings. The predicted molar refractivity (Wildman–Crippen MR) is 110 cm³/mol. The van der Waals surface area contributed by atoms with Gasteiger partial charge in [-0.25, -0.2) is 5.21 Å². The molecule has 2 aromatic heterocycles. The highest BCUT2D eigenvalue weighted by atomic mass is 32.2. The van der Waals surface area contributed by atoms with Crippen LogP contribution in [0.1, 0.15) is 30.5 Å². The maximum atomic E-state index is 13.4. The van der Waals surface area contributed by atoms with Gasteiger partial charge in [0, 0.05) is 49.7 Å². The van der Waals surface area contributed by atoms with E-state index in [1.54, 1.807) is 22.4 Å². The Morgan fingerprint density at radius 3 is 2.76 bits per heavy atom. The first-order valence-corrected chi connectivity index (χ1v) is 11.3. The average molecular weight is 419 g/mol. The van der Waals surface area contributed by atoms with E-state index in [-0.39, 0.29) is 29.5 Å². The van der Waals surface area contributed by atoms with Gasteiger partial charge in [0.2, 0.25) is 11.6 Å². The third kappa shape index (κ3) is 3.87. The van der Waals surface area contributed by atoms with Crippen molar-refractivity contribution in [3.63, 3.8) is 0 Å². The van der Waals surface area contributed by atoms with Gasteiger partial charge < -0.3 is 19.2 Å². The van der Waals surface area contributed by atoms with Gasteiger partial charge in [-0.1, -0.05) is 0 Å². The number of quaternary nitrogens is 1. The van der Waals surface area contributed by atoms with Crippen LogP contribution in [0.4, 0.5) is 5.69 Å². The van der Waals surface area contributed by atoms with Crippen LogP contribution in [0.25, 0.3) is 0 Å². The number of pyridine rings is 1. The minimum absolute atomic E-state index is 0.0628. The largest absolute Gasteiger partial charge is 0.595 e. The van der Waals surface area contributed by atoms with Crippen LogP contribution in [0.15, 0.2) is 41.5 Å². The van der Waals surface area contributed by atoms with E-state index in [2.05, 4.69) is 0 Å². The van der Waals surface area contributed by atoms with E-state index in [0.717, 1.165) is 24.3 Å². The highest BCUT2D eigenvalue weighted by Crippen LogP contribution is 2.36. The molecule has 9 heteroatoms. The summed E-state index contributed by atoms with van der Waals surface area (Å²) in [5.74, 6) is 1.26. The van der Waals surface area contributed by atoms with Gasteiger partial charge in [-0.15, -0.1) is 0 Å². The number of rotatable bonds is 6. The number of fused-ring (bicyclic) bond motifs is 4. The fraction of sp³-hybridized carbons (Fsp3) is 0.500. The lowest BCUT2D eigenvalue weighted by atomic mass is 9.82. The molecule has 0 aliphatic carbocycles. The second-order valence-corrected chi connectivity index (χ2v) is 8.85. The molecule has 156 valence electrons. The molecule has 2 aliphatic rings. The molecule has 4 heterocycles. The molecule has 4 rings (SSSR count). The first-order valence-electron chi connectivity index (χ1n) is 9.86. The van der Waals surface area contributed by atoms with Gasteiger partial charge in [-0.2, -0.15) is 17.0 Å². The van der Waals surface area contributed by atoms with Gasteiger partial charge in [-0.05, 0) is 49.0 Å². The van der Waals surface area contributed by atoms with Crippen molar-refractivity contribution < 1.29 is 15.2 Å². The quantitative estimate of drug-likeness (QED) is 0.683. The van der Waals surface area contributed by atoms with Crippen LogP contribution in [-0.2, 0) is 11.3 Å². The highest BCUT2D eigenvalue weighted by molar-refractivity contribution is 7.98. The van der Waals surface area contributed by atoms with Crippen molar-refractivity contribution in [2.45, 2.75) is 31.3 Å². The van der Waals surface area contributed by atoms with E-state index in [4.69, 9.17) is 0 Å². The fourth-order valence-electron chi connectivity index (χ4n) is 4.68. The minimum Gasteiger partial charge on any atom is -0.595 e. The monoisotopic (exact) mass is 418 g/mol. The van der Waals surface area contributed by atoms with Crippen LogP contribution >= 0.6 is 11.8 Å². The van der Waals surface area contributed by atoms with Gasteiger partial charge >= 0.3 is 5.56 Å². The molecule has 0 radical (unpaired) electrons. The van der Waals surface area contributed by atoms with Crippen molar-refractivity contribution in [2.24, 2.45) is 5.92 Å². The van der Waals surface area contributed by atoms with E-state index in [1.807, 2.05) is 40.2 Å². The van der Waals surface area contributed by atoms with Gasteiger partial charge in [0.1, 0.15) is 6.04 Å². The summed E-state index contributed by atoms with van der Waals surface area (Å²) in [7, 11) is 0. The van der Waals surface area contributed by atoms with Crippen LogP contribution < -0.4 is 10.8 Å². The Labute approximate surface area is 173 Å². The smallest absolute Gasteiger partial charge is 0.315 e. The Morgan fingerprint density at radius 1 is 1.31 bits per heavy atom. The molecule has 2 N–H and O–H groups in total. The summed E-state index contributed by atoms with van der Waals surface area (Å²) in [6.07, 6.45) is 7.63. The normalized spacial score (nSPS) is 22.8. The Hall–Kier alpha value is -2.07. The molecule has 0 saturated carbocycles. The molecule has 0 spiro atoms. The topological polar surface area (TPSA) is 95.0 Å². The molecule has 0 aromatic carbocycles. The summed E-state index contributed by atoms with van der Waals surface area (Å²) in [6, 6.07) is 6.81. The number of aromatic nitrogens is 2. The van der Waals surface area contributed by atoms with Crippen molar-refractivity contribution in [3.05, 3.63) is 57.9 Å². The number of carbonyl (C=O) groups is 1. The van der Waals surface area contributed by atoms with Crippen molar-refractivity contribution in [1.82, 2.24) is 14.0 Å². The Balaban J connectivity index is 1.58. The Morgan fingerprint density at radius 2 is 2.07 bits per heavy atom. The number of piperidine rings is 1. The number of likely N-dealkylation sites (tertiary alicyclic amines) is 1. The summed E-state index contributed by atoms with van der Waals surface area (Å²) in [6.45, 7) is 1.64. The maximum absolute atomic E-state index is 13.4. The molecule has 1 unspecified atom stereocenters. The molecular weight excluding hydrogens is 392 g/mol. The lowest BCUT2D eigenvalue weighted by molar-refractivity contribution is -0.992. The van der Waals surface area contributed by atoms with Gasteiger partial charge in [0.05, 0.1) is 0 Å².